The fraction of sp³-hybridized carbons (Fsp3) is 0.333. The average molecular weight is 323 g/mol. The maximum Gasteiger partial charge on any atom is 0.231 e. The summed E-state index contributed by atoms with van der Waals surface area (Å²) in [6, 6.07) is 4.78. The van der Waals surface area contributed by atoms with Crippen LogP contribution in [0.15, 0.2) is 30.4 Å². The molecular formula is C15H13ClNO5-. The smallest absolute Gasteiger partial charge is 0.231 e. The third kappa shape index (κ3) is 2.44. The number of nitrogens with one attached hydrogen (secondary N) is 1. The number of methoxy groups -OCH3 is 1. The number of rotatable bonds is 4. The predicted molar refractivity (Wildman–Crippen MR) is 76.4 cm³/mol. The second-order valence-electron chi connectivity index (χ2n) is 5.15. The van der Waals surface area contributed by atoms with Crippen molar-refractivity contribution >= 4 is 29.2 Å². The highest BCUT2D eigenvalue weighted by Gasteiger charge is 2.50. The Morgan fingerprint density at radius 2 is 1.95 bits per heavy atom. The van der Waals surface area contributed by atoms with Gasteiger partial charge in [0.15, 0.2) is 0 Å². The van der Waals surface area contributed by atoms with E-state index < -0.39 is 35.9 Å². The number of carboxylic acid groups (broad SMARTS) is 1. The van der Waals surface area contributed by atoms with E-state index in [1.54, 1.807) is 24.3 Å². The SMILES string of the molecule is COc1ccc(Cl)cc1NC(=O)[C@@H]1[C@@H](C(=O)[O-])[C@@H]2C=C[C@H]1O2. The van der Waals surface area contributed by atoms with Gasteiger partial charge >= 0.3 is 0 Å². The number of aliphatic carboxylic acids is 1. The molecule has 2 heterocycles. The molecule has 0 saturated carbocycles. The molecular weight excluding hydrogens is 310 g/mol. The van der Waals surface area contributed by atoms with Crippen molar-refractivity contribution in [2.24, 2.45) is 11.8 Å². The number of hydrogen-bond acceptors (Lipinski definition) is 5. The second kappa shape index (κ2) is 5.62. The van der Waals surface area contributed by atoms with E-state index in [0.29, 0.717) is 16.5 Å². The number of carbonyl (C=O) groups excluding carboxylic acids is 2. The molecule has 0 unspecified atom stereocenters. The van der Waals surface area contributed by atoms with Gasteiger partial charge < -0.3 is 24.7 Å². The lowest BCUT2D eigenvalue weighted by atomic mass is 9.82. The molecule has 2 bridgehead atoms. The molecule has 4 atom stereocenters. The lowest BCUT2D eigenvalue weighted by molar-refractivity contribution is -0.313. The van der Waals surface area contributed by atoms with Crippen LogP contribution in [0, 0.1) is 11.8 Å². The van der Waals surface area contributed by atoms with Gasteiger partial charge in [-0.2, -0.15) is 0 Å². The molecule has 116 valence electrons. The molecule has 1 aromatic carbocycles. The highest BCUT2D eigenvalue weighted by molar-refractivity contribution is 6.31. The standard InChI is InChI=1S/C15H14ClNO5/c1-21-9-3-2-7(16)6-8(9)17-14(18)12-10-4-5-11(22-10)13(12)15(19)20/h2-6,10-13H,1H3,(H,17,18)(H,19,20)/p-1/t10-,11+,12+,13+/m1/s1. The van der Waals surface area contributed by atoms with E-state index in [4.69, 9.17) is 21.1 Å². The number of ether oxygens (including phenoxy) is 2. The normalized spacial score (nSPS) is 28.6. The zero-order chi connectivity index (χ0) is 15.9. The first-order chi connectivity index (χ1) is 10.5. The van der Waals surface area contributed by atoms with Crippen LogP contribution in [0.2, 0.25) is 5.02 Å². The molecule has 6 nitrogen and oxygen atoms in total. The first-order valence-corrected chi connectivity index (χ1v) is 7.08. The Morgan fingerprint density at radius 1 is 1.27 bits per heavy atom. The molecule has 2 aliphatic heterocycles. The Morgan fingerprint density at radius 3 is 2.59 bits per heavy atom. The van der Waals surface area contributed by atoms with E-state index >= 15 is 0 Å². The molecule has 0 aromatic heterocycles. The number of fused-ring (bicyclic) bond motifs is 2. The molecule has 22 heavy (non-hydrogen) atoms. The number of benzene rings is 1. The molecule has 7 heteroatoms. The van der Waals surface area contributed by atoms with E-state index in [-0.39, 0.29) is 0 Å². The maximum absolute atomic E-state index is 12.5. The van der Waals surface area contributed by atoms with Crippen molar-refractivity contribution in [3.05, 3.63) is 35.4 Å². The second-order valence-corrected chi connectivity index (χ2v) is 5.59. The van der Waals surface area contributed by atoms with Gasteiger partial charge in [-0.25, -0.2) is 0 Å². The quantitative estimate of drug-likeness (QED) is 0.820. The summed E-state index contributed by atoms with van der Waals surface area (Å²) in [5.41, 5.74) is 0.379. The monoisotopic (exact) mass is 322 g/mol. The van der Waals surface area contributed by atoms with Crippen LogP contribution < -0.4 is 15.2 Å². The first-order valence-electron chi connectivity index (χ1n) is 6.70. The van der Waals surface area contributed by atoms with E-state index in [9.17, 15) is 14.7 Å². The fourth-order valence-electron chi connectivity index (χ4n) is 2.90. The van der Waals surface area contributed by atoms with Gasteiger partial charge in [-0.05, 0) is 18.2 Å². The highest BCUT2D eigenvalue weighted by Crippen LogP contribution is 2.40. The first kappa shape index (κ1) is 14.9. The number of anilines is 1. The lowest BCUT2D eigenvalue weighted by Gasteiger charge is -2.25. The summed E-state index contributed by atoms with van der Waals surface area (Å²) in [6.45, 7) is 0. The highest BCUT2D eigenvalue weighted by atomic mass is 35.5. The van der Waals surface area contributed by atoms with Gasteiger partial charge in [-0.3, -0.25) is 4.79 Å². The number of amides is 1. The van der Waals surface area contributed by atoms with Crippen LogP contribution in [-0.2, 0) is 14.3 Å². The van der Waals surface area contributed by atoms with Gasteiger partial charge in [0, 0.05) is 16.9 Å². The van der Waals surface area contributed by atoms with Gasteiger partial charge in [0.05, 0.1) is 30.9 Å². The zero-order valence-electron chi connectivity index (χ0n) is 11.6. The summed E-state index contributed by atoms with van der Waals surface area (Å²) in [6.07, 6.45) is 2.17. The molecule has 0 aliphatic carbocycles. The molecule has 3 rings (SSSR count). The lowest BCUT2D eigenvalue weighted by Crippen LogP contribution is -2.45. The van der Waals surface area contributed by atoms with Crippen LogP contribution in [-0.4, -0.2) is 31.2 Å². The number of halogens is 1. The fourth-order valence-corrected chi connectivity index (χ4v) is 3.07. The van der Waals surface area contributed by atoms with E-state index in [2.05, 4.69) is 5.32 Å². The Bertz CT molecular complexity index is 659. The van der Waals surface area contributed by atoms with Crippen molar-refractivity contribution in [2.75, 3.05) is 12.4 Å². The Labute approximate surface area is 131 Å². The van der Waals surface area contributed by atoms with Gasteiger partial charge in [-0.1, -0.05) is 23.8 Å². The molecule has 1 aromatic rings. The minimum atomic E-state index is -1.30. The van der Waals surface area contributed by atoms with Crippen molar-refractivity contribution in [2.45, 2.75) is 12.2 Å². The van der Waals surface area contributed by atoms with Gasteiger partial charge in [0.1, 0.15) is 5.75 Å². The summed E-state index contributed by atoms with van der Waals surface area (Å²) in [4.78, 5) is 23.8. The van der Waals surface area contributed by atoms with Crippen molar-refractivity contribution in [3.63, 3.8) is 0 Å². The summed E-state index contributed by atoms with van der Waals surface area (Å²) in [5.74, 6) is -3.17. The Hall–Kier alpha value is -2.05. The summed E-state index contributed by atoms with van der Waals surface area (Å²) < 4.78 is 10.6. The van der Waals surface area contributed by atoms with E-state index in [0.717, 1.165) is 0 Å². The van der Waals surface area contributed by atoms with Crippen LogP contribution in [0.1, 0.15) is 0 Å². The maximum atomic E-state index is 12.5. The van der Waals surface area contributed by atoms with Crippen LogP contribution in [0.4, 0.5) is 5.69 Å². The number of carbonyl (C=O) groups is 2. The minimum Gasteiger partial charge on any atom is -0.550 e. The van der Waals surface area contributed by atoms with Gasteiger partial charge in [0.25, 0.3) is 0 Å². The largest absolute Gasteiger partial charge is 0.550 e. The van der Waals surface area contributed by atoms with Crippen molar-refractivity contribution < 1.29 is 24.2 Å². The molecule has 1 saturated heterocycles. The zero-order valence-corrected chi connectivity index (χ0v) is 12.4. The molecule has 1 amide bonds. The van der Waals surface area contributed by atoms with Crippen LogP contribution in [0.5, 0.6) is 5.75 Å². The van der Waals surface area contributed by atoms with E-state index in [1.807, 2.05) is 0 Å². The Balaban J connectivity index is 1.84. The van der Waals surface area contributed by atoms with Gasteiger partial charge in [0.2, 0.25) is 5.91 Å². The molecule has 0 spiro atoms. The van der Waals surface area contributed by atoms with Crippen LogP contribution >= 0.6 is 11.6 Å². The van der Waals surface area contributed by atoms with Crippen molar-refractivity contribution in [3.8, 4) is 5.75 Å². The van der Waals surface area contributed by atoms with Crippen molar-refractivity contribution in [1.82, 2.24) is 0 Å². The summed E-state index contributed by atoms with van der Waals surface area (Å²) in [5, 5.41) is 14.4. The number of carboxylic acids is 1. The van der Waals surface area contributed by atoms with Crippen LogP contribution in [0.25, 0.3) is 0 Å². The molecule has 0 radical (unpaired) electrons. The summed E-state index contributed by atoms with van der Waals surface area (Å²) >= 11 is 5.91. The van der Waals surface area contributed by atoms with E-state index in [1.165, 1.54) is 13.2 Å². The average Bonchev–Trinajstić information content (AvgIpc) is 3.08. The van der Waals surface area contributed by atoms with Gasteiger partial charge in [-0.15, -0.1) is 0 Å². The Kier molecular flexibility index (Phi) is 3.80. The summed E-state index contributed by atoms with van der Waals surface area (Å²) in [7, 11) is 1.46. The third-order valence-corrected chi connectivity index (χ3v) is 4.13. The molecule has 1 fully saturated rings. The topological polar surface area (TPSA) is 87.7 Å². The number of hydrogen-bond donors (Lipinski definition) is 1. The third-order valence-electron chi connectivity index (χ3n) is 3.89. The minimum absolute atomic E-state index is 0.379. The van der Waals surface area contributed by atoms with Crippen LogP contribution in [0.3, 0.4) is 0 Å². The molecule has 2 aliphatic rings. The van der Waals surface area contributed by atoms with Crippen molar-refractivity contribution in [1.29, 1.82) is 0 Å². The molecule has 1 N–H and O–H groups in total. The predicted octanol–water partition coefficient (Wildman–Crippen LogP) is 0.607.